The third-order valence-electron chi connectivity index (χ3n) is 1.21. The molecule has 6 heteroatoms. The molecule has 0 spiro atoms. The number of carboxylic acids is 1. The van der Waals surface area contributed by atoms with Crippen LogP contribution in [0.15, 0.2) is 12.3 Å². The molecule has 0 radical (unpaired) electrons. The van der Waals surface area contributed by atoms with Crippen molar-refractivity contribution in [1.29, 1.82) is 0 Å². The number of carboxylic acid groups (broad SMARTS) is 1. The maximum Gasteiger partial charge on any atom is 0.322 e. The Morgan fingerprint density at radius 1 is 1.62 bits per heavy atom. The molecule has 0 saturated heterocycles. The molecule has 0 aliphatic rings. The fraction of sp³-hybridized carbons (Fsp3) is 0.143. The minimum Gasteiger partial charge on any atom is -0.480 e. The molecule has 70 valence electrons. The van der Waals surface area contributed by atoms with Crippen LogP contribution in [-0.4, -0.2) is 22.6 Å². The summed E-state index contributed by atoms with van der Waals surface area (Å²) in [5.41, 5.74) is 0. The fourth-order valence-corrected chi connectivity index (χ4v) is 1.15. The van der Waals surface area contributed by atoms with Gasteiger partial charge in [-0.1, -0.05) is 23.2 Å². The lowest BCUT2D eigenvalue weighted by Crippen LogP contribution is -2.13. The standard InChI is InChI=1S/C7H6Cl2N2O2/c8-4-1-5(9)7(10-2-4)11-3-6(12)13/h1-2H,3H2,(H,10,11)(H,12,13). The number of carbonyl (C=O) groups is 1. The third kappa shape index (κ3) is 3.08. The summed E-state index contributed by atoms with van der Waals surface area (Å²) in [6.45, 7) is -0.228. The van der Waals surface area contributed by atoms with Gasteiger partial charge in [-0.2, -0.15) is 0 Å². The van der Waals surface area contributed by atoms with E-state index >= 15 is 0 Å². The van der Waals surface area contributed by atoms with Crippen LogP contribution in [0, 0.1) is 0 Å². The zero-order valence-corrected chi connectivity index (χ0v) is 7.93. The normalized spacial score (nSPS) is 9.69. The van der Waals surface area contributed by atoms with E-state index in [0.29, 0.717) is 15.9 Å². The van der Waals surface area contributed by atoms with Crippen LogP contribution in [0.25, 0.3) is 0 Å². The molecule has 0 amide bonds. The molecular formula is C7H6Cl2N2O2. The van der Waals surface area contributed by atoms with E-state index in [1.807, 2.05) is 0 Å². The molecule has 2 N–H and O–H groups in total. The molecule has 0 bridgehead atoms. The SMILES string of the molecule is O=C(O)CNc1ncc(Cl)cc1Cl. The van der Waals surface area contributed by atoms with Crippen LogP contribution in [0.1, 0.15) is 0 Å². The van der Waals surface area contributed by atoms with E-state index in [4.69, 9.17) is 28.3 Å². The van der Waals surface area contributed by atoms with Gasteiger partial charge in [0.2, 0.25) is 0 Å². The van der Waals surface area contributed by atoms with E-state index in [0.717, 1.165) is 0 Å². The van der Waals surface area contributed by atoms with Gasteiger partial charge in [0.1, 0.15) is 12.4 Å². The van der Waals surface area contributed by atoms with Crippen molar-refractivity contribution in [2.75, 3.05) is 11.9 Å². The van der Waals surface area contributed by atoms with Crippen molar-refractivity contribution >= 4 is 35.0 Å². The summed E-state index contributed by atoms with van der Waals surface area (Å²) >= 11 is 11.3. The van der Waals surface area contributed by atoms with Crippen LogP contribution < -0.4 is 5.32 Å². The number of hydrogen-bond donors (Lipinski definition) is 2. The lowest BCUT2D eigenvalue weighted by Gasteiger charge is -2.03. The summed E-state index contributed by atoms with van der Waals surface area (Å²) < 4.78 is 0. The Hall–Kier alpha value is -1.000. The van der Waals surface area contributed by atoms with Gasteiger partial charge >= 0.3 is 5.97 Å². The molecule has 13 heavy (non-hydrogen) atoms. The summed E-state index contributed by atoms with van der Waals surface area (Å²) in [6, 6.07) is 1.49. The zero-order valence-electron chi connectivity index (χ0n) is 6.42. The number of aliphatic carboxylic acids is 1. The van der Waals surface area contributed by atoms with Crippen LogP contribution in [0.2, 0.25) is 10.0 Å². The van der Waals surface area contributed by atoms with Crippen LogP contribution in [0.4, 0.5) is 5.82 Å². The van der Waals surface area contributed by atoms with Gasteiger partial charge in [0.15, 0.2) is 0 Å². The minimum absolute atomic E-state index is 0.228. The number of rotatable bonds is 3. The van der Waals surface area contributed by atoms with Crippen molar-refractivity contribution < 1.29 is 9.90 Å². The number of nitrogens with one attached hydrogen (secondary N) is 1. The van der Waals surface area contributed by atoms with Gasteiger partial charge in [0.05, 0.1) is 10.0 Å². The van der Waals surface area contributed by atoms with E-state index in [9.17, 15) is 4.79 Å². The topological polar surface area (TPSA) is 62.2 Å². The molecular weight excluding hydrogens is 215 g/mol. The first kappa shape index (κ1) is 10.1. The number of aromatic nitrogens is 1. The molecule has 1 aromatic rings. The number of nitrogens with zero attached hydrogens (tertiary/aromatic N) is 1. The van der Waals surface area contributed by atoms with Gasteiger partial charge in [-0.25, -0.2) is 4.98 Å². The molecule has 0 fully saturated rings. The van der Waals surface area contributed by atoms with Gasteiger partial charge < -0.3 is 10.4 Å². The number of halogens is 2. The Balaban J connectivity index is 2.72. The quantitative estimate of drug-likeness (QED) is 0.817. The molecule has 1 aromatic heterocycles. The van der Waals surface area contributed by atoms with Gasteiger partial charge in [-0.15, -0.1) is 0 Å². The fourth-order valence-electron chi connectivity index (χ4n) is 0.704. The van der Waals surface area contributed by atoms with E-state index in [1.54, 1.807) is 0 Å². The monoisotopic (exact) mass is 220 g/mol. The number of hydrogen-bond acceptors (Lipinski definition) is 3. The molecule has 1 heterocycles. The highest BCUT2D eigenvalue weighted by Gasteiger charge is 2.03. The van der Waals surface area contributed by atoms with E-state index in [-0.39, 0.29) is 6.54 Å². The summed E-state index contributed by atoms with van der Waals surface area (Å²) in [7, 11) is 0. The second-order valence-electron chi connectivity index (χ2n) is 2.23. The number of pyridine rings is 1. The Morgan fingerprint density at radius 2 is 2.31 bits per heavy atom. The maximum atomic E-state index is 10.2. The van der Waals surface area contributed by atoms with Crippen LogP contribution in [0.5, 0.6) is 0 Å². The molecule has 1 rings (SSSR count). The predicted octanol–water partition coefficient (Wildman–Crippen LogP) is 1.88. The second kappa shape index (κ2) is 4.30. The van der Waals surface area contributed by atoms with Gasteiger partial charge in [0.25, 0.3) is 0 Å². The molecule has 4 nitrogen and oxygen atoms in total. The van der Waals surface area contributed by atoms with Crippen molar-refractivity contribution in [3.8, 4) is 0 Å². The van der Waals surface area contributed by atoms with Crippen molar-refractivity contribution in [3.63, 3.8) is 0 Å². The zero-order chi connectivity index (χ0) is 9.84. The first-order valence-electron chi connectivity index (χ1n) is 3.36. The van der Waals surface area contributed by atoms with E-state index in [2.05, 4.69) is 10.3 Å². The Kier molecular flexibility index (Phi) is 3.33. The highest BCUT2D eigenvalue weighted by atomic mass is 35.5. The summed E-state index contributed by atoms with van der Waals surface area (Å²) in [5, 5.41) is 11.6. The van der Waals surface area contributed by atoms with Crippen molar-refractivity contribution in [2.45, 2.75) is 0 Å². The molecule has 0 atom stereocenters. The average molecular weight is 221 g/mol. The Bertz CT molecular complexity index is 330. The third-order valence-corrected chi connectivity index (χ3v) is 1.71. The molecule has 0 aliphatic heterocycles. The first-order chi connectivity index (χ1) is 6.09. The highest BCUT2D eigenvalue weighted by molar-refractivity contribution is 6.35. The van der Waals surface area contributed by atoms with Gasteiger partial charge in [0, 0.05) is 6.20 Å². The van der Waals surface area contributed by atoms with Crippen LogP contribution in [0.3, 0.4) is 0 Å². The smallest absolute Gasteiger partial charge is 0.322 e. The first-order valence-corrected chi connectivity index (χ1v) is 4.12. The Morgan fingerprint density at radius 3 is 2.85 bits per heavy atom. The second-order valence-corrected chi connectivity index (χ2v) is 3.07. The molecule has 0 unspecified atom stereocenters. The summed E-state index contributed by atoms with van der Waals surface area (Å²) in [4.78, 5) is 14.0. The van der Waals surface area contributed by atoms with Gasteiger partial charge in [-0.3, -0.25) is 4.79 Å². The maximum absolute atomic E-state index is 10.2. The van der Waals surface area contributed by atoms with Crippen molar-refractivity contribution in [3.05, 3.63) is 22.3 Å². The summed E-state index contributed by atoms with van der Waals surface area (Å²) in [5.74, 6) is -0.665. The largest absolute Gasteiger partial charge is 0.480 e. The van der Waals surface area contributed by atoms with Crippen LogP contribution >= 0.6 is 23.2 Å². The molecule has 0 aromatic carbocycles. The molecule has 0 saturated carbocycles. The summed E-state index contributed by atoms with van der Waals surface area (Å²) in [6.07, 6.45) is 1.39. The highest BCUT2D eigenvalue weighted by Crippen LogP contribution is 2.21. The van der Waals surface area contributed by atoms with E-state index < -0.39 is 5.97 Å². The van der Waals surface area contributed by atoms with Gasteiger partial charge in [-0.05, 0) is 6.07 Å². The van der Waals surface area contributed by atoms with Crippen molar-refractivity contribution in [1.82, 2.24) is 4.98 Å². The van der Waals surface area contributed by atoms with Crippen LogP contribution in [-0.2, 0) is 4.79 Å². The molecule has 0 aliphatic carbocycles. The lowest BCUT2D eigenvalue weighted by molar-refractivity contribution is -0.134. The van der Waals surface area contributed by atoms with Crippen molar-refractivity contribution in [2.24, 2.45) is 0 Å². The average Bonchev–Trinajstić information content (AvgIpc) is 2.02. The predicted molar refractivity (Wildman–Crippen MR) is 50.4 cm³/mol. The Labute approximate surface area is 84.5 Å². The van der Waals surface area contributed by atoms with E-state index in [1.165, 1.54) is 12.3 Å². The number of anilines is 1. The lowest BCUT2D eigenvalue weighted by atomic mass is 10.4. The minimum atomic E-state index is -0.979.